The summed E-state index contributed by atoms with van der Waals surface area (Å²) >= 11 is 1.76. The highest BCUT2D eigenvalue weighted by Gasteiger charge is 2.49. The third-order valence-corrected chi connectivity index (χ3v) is 6.36. The third-order valence-electron chi connectivity index (χ3n) is 5.23. The van der Waals surface area contributed by atoms with Crippen molar-refractivity contribution in [1.82, 2.24) is 20.3 Å². The van der Waals surface area contributed by atoms with Crippen LogP contribution in [0.1, 0.15) is 34.8 Å². The summed E-state index contributed by atoms with van der Waals surface area (Å²) in [5, 5.41) is 5.43. The molecule has 2 N–H and O–H groups in total. The fourth-order valence-corrected chi connectivity index (χ4v) is 4.77. The molecular weight excluding hydrogens is 332 g/mol. The summed E-state index contributed by atoms with van der Waals surface area (Å²) in [5.74, 6) is 0.848. The molecule has 0 spiro atoms. The summed E-state index contributed by atoms with van der Waals surface area (Å²) in [5.41, 5.74) is 4.06. The Balaban J connectivity index is 1.56. The van der Waals surface area contributed by atoms with Gasteiger partial charge >= 0.3 is 0 Å². The van der Waals surface area contributed by atoms with Gasteiger partial charge in [-0.3, -0.25) is 9.78 Å². The smallest absolute Gasteiger partial charge is 0.255 e. The Morgan fingerprint density at radius 2 is 2.00 bits per heavy atom. The SMILES string of the molecule is O=c1[nH]c(C2(c3cc(-c4ccncc4)cs3)CC2)nc2c1CNCC2. The van der Waals surface area contributed by atoms with Crippen LogP contribution < -0.4 is 10.9 Å². The fraction of sp³-hybridized carbons (Fsp3) is 0.316. The van der Waals surface area contributed by atoms with Crippen molar-refractivity contribution in [1.29, 1.82) is 0 Å². The highest BCUT2D eigenvalue weighted by molar-refractivity contribution is 7.10. The summed E-state index contributed by atoms with van der Waals surface area (Å²) in [6, 6.07) is 6.29. The molecule has 5 rings (SSSR count). The number of nitrogens with one attached hydrogen (secondary N) is 2. The summed E-state index contributed by atoms with van der Waals surface area (Å²) in [6.45, 7) is 1.51. The summed E-state index contributed by atoms with van der Waals surface area (Å²) in [4.78, 5) is 25.8. The number of rotatable bonds is 3. The van der Waals surface area contributed by atoms with Crippen molar-refractivity contribution < 1.29 is 0 Å². The van der Waals surface area contributed by atoms with E-state index in [1.807, 2.05) is 24.5 Å². The van der Waals surface area contributed by atoms with Crippen LogP contribution in [0.2, 0.25) is 0 Å². The van der Waals surface area contributed by atoms with E-state index in [4.69, 9.17) is 4.98 Å². The lowest BCUT2D eigenvalue weighted by Gasteiger charge is -2.19. The van der Waals surface area contributed by atoms with Crippen LogP contribution in [0.4, 0.5) is 0 Å². The van der Waals surface area contributed by atoms with Gasteiger partial charge in [-0.2, -0.15) is 0 Å². The molecule has 3 aromatic heterocycles. The zero-order valence-electron chi connectivity index (χ0n) is 13.7. The van der Waals surface area contributed by atoms with Crippen LogP contribution in [0.3, 0.4) is 0 Å². The van der Waals surface area contributed by atoms with Gasteiger partial charge in [0, 0.05) is 36.8 Å². The highest BCUT2D eigenvalue weighted by atomic mass is 32.1. The van der Waals surface area contributed by atoms with E-state index in [1.165, 1.54) is 16.0 Å². The molecule has 6 heteroatoms. The quantitative estimate of drug-likeness (QED) is 0.762. The van der Waals surface area contributed by atoms with Crippen molar-refractivity contribution in [2.75, 3.05) is 6.54 Å². The lowest BCUT2D eigenvalue weighted by Crippen LogP contribution is -2.33. The lowest BCUT2D eigenvalue weighted by atomic mass is 10.0. The summed E-state index contributed by atoms with van der Waals surface area (Å²) in [6.07, 6.45) is 6.55. The molecule has 1 saturated carbocycles. The molecule has 0 aromatic carbocycles. The molecule has 0 saturated heterocycles. The third kappa shape index (κ3) is 2.44. The van der Waals surface area contributed by atoms with E-state index in [-0.39, 0.29) is 11.0 Å². The predicted molar refractivity (Wildman–Crippen MR) is 97.8 cm³/mol. The van der Waals surface area contributed by atoms with E-state index < -0.39 is 0 Å². The molecule has 0 atom stereocenters. The lowest BCUT2D eigenvalue weighted by molar-refractivity contribution is 0.605. The Labute approximate surface area is 149 Å². The standard InChI is InChI=1S/C19H18N4OS/c24-17-14-10-21-8-3-15(14)22-18(23-17)19(4-5-19)16-9-13(11-25-16)12-1-6-20-7-2-12/h1-2,6-7,9,11,21H,3-5,8,10H2,(H,22,23,24). The molecule has 5 nitrogen and oxygen atoms in total. The van der Waals surface area contributed by atoms with Crippen LogP contribution >= 0.6 is 11.3 Å². The monoisotopic (exact) mass is 350 g/mol. The summed E-state index contributed by atoms with van der Waals surface area (Å²) in [7, 11) is 0. The van der Waals surface area contributed by atoms with Crippen molar-refractivity contribution >= 4 is 11.3 Å². The van der Waals surface area contributed by atoms with E-state index in [0.29, 0.717) is 6.54 Å². The zero-order valence-corrected chi connectivity index (χ0v) is 14.5. The number of H-pyrrole nitrogens is 1. The Morgan fingerprint density at radius 1 is 1.16 bits per heavy atom. The van der Waals surface area contributed by atoms with Crippen molar-refractivity contribution in [2.24, 2.45) is 0 Å². The fourth-order valence-electron chi connectivity index (χ4n) is 3.59. The van der Waals surface area contributed by atoms with Crippen molar-refractivity contribution in [3.63, 3.8) is 0 Å². The van der Waals surface area contributed by atoms with Crippen LogP contribution in [-0.4, -0.2) is 21.5 Å². The van der Waals surface area contributed by atoms with Gasteiger partial charge in [0.1, 0.15) is 5.82 Å². The maximum Gasteiger partial charge on any atom is 0.255 e. The van der Waals surface area contributed by atoms with Crippen molar-refractivity contribution in [3.05, 3.63) is 68.3 Å². The van der Waals surface area contributed by atoms with Crippen LogP contribution in [0, 0.1) is 0 Å². The van der Waals surface area contributed by atoms with E-state index in [2.05, 4.69) is 26.7 Å². The molecule has 3 aromatic rings. The maximum absolute atomic E-state index is 12.5. The first kappa shape index (κ1) is 15.0. The van der Waals surface area contributed by atoms with Crippen LogP contribution in [0.25, 0.3) is 11.1 Å². The molecule has 1 aliphatic carbocycles. The molecule has 25 heavy (non-hydrogen) atoms. The van der Waals surface area contributed by atoms with Gasteiger partial charge < -0.3 is 10.3 Å². The molecular formula is C19H18N4OS. The molecule has 2 aliphatic rings. The molecule has 0 amide bonds. The second-order valence-corrected chi connectivity index (χ2v) is 7.70. The minimum absolute atomic E-state index is 0.0180. The van der Waals surface area contributed by atoms with Gasteiger partial charge in [0.25, 0.3) is 5.56 Å². The summed E-state index contributed by atoms with van der Waals surface area (Å²) < 4.78 is 0. The van der Waals surface area contributed by atoms with Crippen LogP contribution in [-0.2, 0) is 18.4 Å². The number of aromatic amines is 1. The first-order valence-corrected chi connectivity index (χ1v) is 9.47. The Bertz CT molecular complexity index is 988. The van der Waals surface area contributed by atoms with Gasteiger partial charge in [0.05, 0.1) is 16.7 Å². The average Bonchev–Trinajstić information content (AvgIpc) is 3.32. The topological polar surface area (TPSA) is 70.7 Å². The van der Waals surface area contributed by atoms with Gasteiger partial charge in [-0.15, -0.1) is 11.3 Å². The average molecular weight is 350 g/mol. The molecule has 1 fully saturated rings. The minimum Gasteiger partial charge on any atom is -0.312 e. The molecule has 0 unspecified atom stereocenters. The highest BCUT2D eigenvalue weighted by Crippen LogP contribution is 2.54. The second kappa shape index (κ2) is 5.61. The number of hydrogen-bond acceptors (Lipinski definition) is 5. The molecule has 4 heterocycles. The van der Waals surface area contributed by atoms with Gasteiger partial charge in [-0.05, 0) is 47.5 Å². The van der Waals surface area contributed by atoms with Gasteiger partial charge in [-0.1, -0.05) is 0 Å². The Hall–Kier alpha value is -2.31. The first-order valence-electron chi connectivity index (χ1n) is 8.59. The zero-order chi connectivity index (χ0) is 16.9. The molecule has 126 valence electrons. The number of nitrogens with zero attached hydrogens (tertiary/aromatic N) is 2. The predicted octanol–water partition coefficient (Wildman–Crippen LogP) is 2.62. The van der Waals surface area contributed by atoms with Crippen LogP contribution in [0.5, 0.6) is 0 Å². The Kier molecular flexibility index (Phi) is 3.36. The number of hydrogen-bond donors (Lipinski definition) is 2. The second-order valence-electron chi connectivity index (χ2n) is 6.78. The van der Waals surface area contributed by atoms with Crippen molar-refractivity contribution in [2.45, 2.75) is 31.2 Å². The van der Waals surface area contributed by atoms with E-state index in [1.54, 1.807) is 11.3 Å². The number of thiophene rings is 1. The first-order chi connectivity index (χ1) is 12.3. The van der Waals surface area contributed by atoms with Gasteiger partial charge in [-0.25, -0.2) is 4.98 Å². The van der Waals surface area contributed by atoms with Gasteiger partial charge in [0.15, 0.2) is 0 Å². The van der Waals surface area contributed by atoms with Gasteiger partial charge in [0.2, 0.25) is 0 Å². The maximum atomic E-state index is 12.5. The van der Waals surface area contributed by atoms with E-state index in [9.17, 15) is 4.79 Å². The number of fused-ring (bicyclic) bond motifs is 1. The van der Waals surface area contributed by atoms with Crippen molar-refractivity contribution in [3.8, 4) is 11.1 Å². The van der Waals surface area contributed by atoms with E-state index >= 15 is 0 Å². The van der Waals surface area contributed by atoms with E-state index in [0.717, 1.165) is 42.9 Å². The van der Waals surface area contributed by atoms with Crippen LogP contribution in [0.15, 0.2) is 40.8 Å². The molecule has 1 aliphatic heterocycles. The largest absolute Gasteiger partial charge is 0.312 e. The number of aromatic nitrogens is 3. The Morgan fingerprint density at radius 3 is 2.80 bits per heavy atom. The minimum atomic E-state index is -0.102. The normalized spacial score (nSPS) is 17.9. The molecule has 0 bridgehead atoms. The molecule has 0 radical (unpaired) electrons. The number of pyridine rings is 1.